The molecule has 8 nitrogen and oxygen atoms in total. The molecule has 0 saturated carbocycles. The molecule has 0 spiro atoms. The highest BCUT2D eigenvalue weighted by atomic mass is 32.2. The monoisotopic (exact) mass is 343 g/mol. The van der Waals surface area contributed by atoms with Crippen LogP contribution in [0.2, 0.25) is 0 Å². The highest BCUT2D eigenvalue weighted by molar-refractivity contribution is 7.88. The summed E-state index contributed by atoms with van der Waals surface area (Å²) in [6.45, 7) is 3.13. The Morgan fingerprint density at radius 1 is 1.30 bits per heavy atom. The van der Waals surface area contributed by atoms with Gasteiger partial charge in [0.2, 0.25) is 15.9 Å². The standard InChI is InChI=1S/C14H21N3O5S/c1-14(2,8-16-23(4,20)21)13(19)17-9-5-6-11(22-3)10(7-9)12(15)18/h5-7,16H,8H2,1-4H3,(H2,15,18)(H,17,19). The lowest BCUT2D eigenvalue weighted by Crippen LogP contribution is -2.41. The van der Waals surface area contributed by atoms with Crippen molar-refractivity contribution in [3.8, 4) is 5.75 Å². The Hall–Kier alpha value is -2.13. The van der Waals surface area contributed by atoms with Crippen molar-refractivity contribution in [2.45, 2.75) is 13.8 Å². The molecule has 0 aliphatic carbocycles. The van der Waals surface area contributed by atoms with Crippen molar-refractivity contribution >= 4 is 27.5 Å². The first-order chi connectivity index (χ1) is 10.5. The lowest BCUT2D eigenvalue weighted by atomic mass is 9.92. The summed E-state index contributed by atoms with van der Waals surface area (Å²) in [5.41, 5.74) is 4.77. The molecule has 9 heteroatoms. The fourth-order valence-corrected chi connectivity index (χ4v) is 2.29. The quantitative estimate of drug-likeness (QED) is 0.656. The maximum atomic E-state index is 12.3. The Morgan fingerprint density at radius 2 is 1.91 bits per heavy atom. The summed E-state index contributed by atoms with van der Waals surface area (Å²) in [4.78, 5) is 23.7. The van der Waals surface area contributed by atoms with Gasteiger partial charge < -0.3 is 15.8 Å². The molecule has 0 aromatic heterocycles. The molecular weight excluding hydrogens is 322 g/mol. The third-order valence-electron chi connectivity index (χ3n) is 3.11. The summed E-state index contributed by atoms with van der Waals surface area (Å²) in [6, 6.07) is 4.47. The van der Waals surface area contributed by atoms with Crippen LogP contribution in [0, 0.1) is 5.41 Å². The largest absolute Gasteiger partial charge is 0.496 e. The maximum Gasteiger partial charge on any atom is 0.252 e. The maximum absolute atomic E-state index is 12.3. The van der Waals surface area contributed by atoms with E-state index in [2.05, 4.69) is 10.0 Å². The summed E-state index contributed by atoms with van der Waals surface area (Å²) in [5, 5.41) is 2.63. The average Bonchev–Trinajstić information content (AvgIpc) is 2.44. The zero-order valence-corrected chi connectivity index (χ0v) is 14.3. The fourth-order valence-electron chi connectivity index (χ4n) is 1.67. The second-order valence-corrected chi connectivity index (χ2v) is 7.54. The molecule has 0 aliphatic rings. The molecule has 1 aromatic carbocycles. The summed E-state index contributed by atoms with van der Waals surface area (Å²) in [7, 11) is -2.00. The van der Waals surface area contributed by atoms with Gasteiger partial charge in [0.15, 0.2) is 0 Å². The molecular formula is C14H21N3O5S. The van der Waals surface area contributed by atoms with Crippen molar-refractivity contribution in [2.24, 2.45) is 11.1 Å². The Kier molecular flexibility index (Phi) is 5.73. The van der Waals surface area contributed by atoms with Crippen LogP contribution < -0.4 is 20.5 Å². The number of nitrogens with one attached hydrogen (secondary N) is 2. The van der Waals surface area contributed by atoms with E-state index in [4.69, 9.17) is 10.5 Å². The Bertz CT molecular complexity index is 713. The Morgan fingerprint density at radius 3 is 2.39 bits per heavy atom. The fraction of sp³-hybridized carbons (Fsp3) is 0.429. The Labute approximate surface area is 135 Å². The van der Waals surface area contributed by atoms with Crippen LogP contribution in [0.4, 0.5) is 5.69 Å². The predicted octanol–water partition coefficient (Wildman–Crippen LogP) is 0.308. The molecule has 0 atom stereocenters. The summed E-state index contributed by atoms with van der Waals surface area (Å²) >= 11 is 0. The number of ether oxygens (including phenoxy) is 1. The van der Waals surface area contributed by atoms with Crippen molar-refractivity contribution in [2.75, 3.05) is 25.2 Å². The number of nitrogens with two attached hydrogens (primary N) is 1. The number of sulfonamides is 1. The minimum atomic E-state index is -3.40. The van der Waals surface area contributed by atoms with E-state index < -0.39 is 27.3 Å². The summed E-state index contributed by atoms with van der Waals surface area (Å²) < 4.78 is 29.6. The lowest BCUT2D eigenvalue weighted by molar-refractivity contribution is -0.123. The van der Waals surface area contributed by atoms with E-state index >= 15 is 0 Å². The van der Waals surface area contributed by atoms with Crippen LogP contribution in [0.3, 0.4) is 0 Å². The molecule has 0 saturated heterocycles. The third-order valence-corrected chi connectivity index (χ3v) is 3.78. The Balaban J connectivity index is 2.92. The van der Waals surface area contributed by atoms with Crippen LogP contribution >= 0.6 is 0 Å². The van der Waals surface area contributed by atoms with Gasteiger partial charge in [0.05, 0.1) is 24.3 Å². The van der Waals surface area contributed by atoms with Crippen LogP contribution in [-0.2, 0) is 14.8 Å². The van der Waals surface area contributed by atoms with Gasteiger partial charge in [0.25, 0.3) is 5.91 Å². The molecule has 23 heavy (non-hydrogen) atoms. The van der Waals surface area contributed by atoms with Gasteiger partial charge >= 0.3 is 0 Å². The van der Waals surface area contributed by atoms with Crippen LogP contribution in [0.25, 0.3) is 0 Å². The van der Waals surface area contributed by atoms with Crippen LogP contribution in [0.5, 0.6) is 5.75 Å². The van der Waals surface area contributed by atoms with Gasteiger partial charge in [-0.05, 0) is 32.0 Å². The third kappa shape index (κ3) is 5.53. The molecule has 1 aromatic rings. The van der Waals surface area contributed by atoms with Crippen molar-refractivity contribution in [3.05, 3.63) is 23.8 Å². The van der Waals surface area contributed by atoms with Gasteiger partial charge in [0.1, 0.15) is 5.75 Å². The number of primary amides is 1. The van der Waals surface area contributed by atoms with E-state index in [9.17, 15) is 18.0 Å². The molecule has 1 rings (SSSR count). The average molecular weight is 343 g/mol. The lowest BCUT2D eigenvalue weighted by Gasteiger charge is -2.23. The van der Waals surface area contributed by atoms with Crippen molar-refractivity contribution < 1.29 is 22.7 Å². The number of carbonyl (C=O) groups is 2. The highest BCUT2D eigenvalue weighted by Crippen LogP contribution is 2.24. The van der Waals surface area contributed by atoms with Crippen LogP contribution in [0.1, 0.15) is 24.2 Å². The van der Waals surface area contributed by atoms with E-state index in [1.807, 2.05) is 0 Å². The van der Waals surface area contributed by atoms with Crippen molar-refractivity contribution in [1.29, 1.82) is 0 Å². The van der Waals surface area contributed by atoms with Crippen molar-refractivity contribution in [3.63, 3.8) is 0 Å². The summed E-state index contributed by atoms with van der Waals surface area (Å²) in [5.74, 6) is -0.793. The molecule has 0 heterocycles. The first-order valence-electron chi connectivity index (χ1n) is 6.70. The predicted molar refractivity (Wildman–Crippen MR) is 86.8 cm³/mol. The minimum absolute atomic E-state index is 0.0590. The molecule has 0 aliphatic heterocycles. The van der Waals surface area contributed by atoms with E-state index in [0.29, 0.717) is 11.4 Å². The first-order valence-corrected chi connectivity index (χ1v) is 8.59. The van der Waals surface area contributed by atoms with Gasteiger partial charge in [-0.1, -0.05) is 0 Å². The summed E-state index contributed by atoms with van der Waals surface area (Å²) in [6.07, 6.45) is 1.02. The van der Waals surface area contributed by atoms with E-state index in [-0.39, 0.29) is 12.1 Å². The number of anilines is 1. The molecule has 0 radical (unpaired) electrons. The number of hydrogen-bond acceptors (Lipinski definition) is 5. The number of carbonyl (C=O) groups excluding carboxylic acids is 2. The van der Waals surface area contributed by atoms with Gasteiger partial charge in [-0.25, -0.2) is 13.1 Å². The minimum Gasteiger partial charge on any atom is -0.496 e. The molecule has 128 valence electrons. The highest BCUT2D eigenvalue weighted by Gasteiger charge is 2.29. The van der Waals surface area contributed by atoms with Crippen LogP contribution in [-0.4, -0.2) is 40.1 Å². The number of benzene rings is 1. The second-order valence-electron chi connectivity index (χ2n) is 5.71. The number of methoxy groups -OCH3 is 1. The number of rotatable bonds is 7. The van der Waals surface area contributed by atoms with Gasteiger partial charge in [-0.2, -0.15) is 0 Å². The zero-order chi connectivity index (χ0) is 17.8. The number of amides is 2. The zero-order valence-electron chi connectivity index (χ0n) is 13.5. The topological polar surface area (TPSA) is 128 Å². The smallest absolute Gasteiger partial charge is 0.252 e. The number of hydrogen-bond donors (Lipinski definition) is 3. The van der Waals surface area contributed by atoms with Crippen LogP contribution in [0.15, 0.2) is 18.2 Å². The second kappa shape index (κ2) is 6.97. The normalized spacial score (nSPS) is 11.8. The molecule has 2 amide bonds. The van der Waals surface area contributed by atoms with E-state index in [1.165, 1.54) is 19.2 Å². The van der Waals surface area contributed by atoms with Crippen molar-refractivity contribution in [1.82, 2.24) is 4.72 Å². The molecule has 0 fully saturated rings. The molecule has 0 bridgehead atoms. The first kappa shape index (κ1) is 18.9. The van der Waals surface area contributed by atoms with Gasteiger partial charge in [0, 0.05) is 12.2 Å². The SMILES string of the molecule is COc1ccc(NC(=O)C(C)(C)CNS(C)(=O)=O)cc1C(N)=O. The van der Waals surface area contributed by atoms with E-state index in [0.717, 1.165) is 6.26 Å². The molecule has 0 unspecified atom stereocenters. The van der Waals surface area contributed by atoms with Gasteiger partial charge in [-0.15, -0.1) is 0 Å². The van der Waals surface area contributed by atoms with E-state index in [1.54, 1.807) is 19.9 Å². The van der Waals surface area contributed by atoms with Gasteiger partial charge in [-0.3, -0.25) is 9.59 Å². The molecule has 4 N–H and O–H groups in total.